The van der Waals surface area contributed by atoms with Gasteiger partial charge in [0.05, 0.1) is 5.84 Å². The number of carbonyl (C=O) groups excluding carboxylic acids is 1. The molecule has 0 radical (unpaired) electrons. The van der Waals surface area contributed by atoms with Crippen molar-refractivity contribution in [2.45, 2.75) is 40.5 Å². The van der Waals surface area contributed by atoms with E-state index in [2.05, 4.69) is 19.2 Å². The van der Waals surface area contributed by atoms with Crippen molar-refractivity contribution in [1.29, 1.82) is 5.41 Å². The van der Waals surface area contributed by atoms with Crippen molar-refractivity contribution in [1.82, 2.24) is 5.32 Å². The summed E-state index contributed by atoms with van der Waals surface area (Å²) < 4.78 is 0. The summed E-state index contributed by atoms with van der Waals surface area (Å²) in [4.78, 5) is 11.1. The first-order valence-corrected chi connectivity index (χ1v) is 4.81. The summed E-state index contributed by atoms with van der Waals surface area (Å²) in [7, 11) is 0. The van der Waals surface area contributed by atoms with Gasteiger partial charge in [-0.3, -0.25) is 10.2 Å². The smallest absolute Gasteiger partial charge is 0.227 e. The van der Waals surface area contributed by atoms with Crippen LogP contribution in [0.5, 0.6) is 0 Å². The summed E-state index contributed by atoms with van der Waals surface area (Å²) in [5, 5.41) is 10.1. The van der Waals surface area contributed by atoms with Crippen LogP contribution in [-0.2, 0) is 4.79 Å². The van der Waals surface area contributed by atoms with Crippen LogP contribution in [-0.4, -0.2) is 11.7 Å². The lowest BCUT2D eigenvalue weighted by molar-refractivity contribution is -0.122. The summed E-state index contributed by atoms with van der Waals surface area (Å²) >= 11 is 0. The Balaban J connectivity index is 3.69. The van der Waals surface area contributed by atoms with Crippen LogP contribution >= 0.6 is 0 Å². The molecule has 0 unspecified atom stereocenters. The summed E-state index contributed by atoms with van der Waals surface area (Å²) in [6, 6.07) is 0. The Bertz CT molecular complexity index is 185. The molecule has 3 nitrogen and oxygen atoms in total. The van der Waals surface area contributed by atoms with Gasteiger partial charge in [0.2, 0.25) is 5.91 Å². The molecule has 0 aromatic carbocycles. The number of amidine groups is 1. The highest BCUT2D eigenvalue weighted by atomic mass is 16.1. The molecule has 0 aromatic rings. The molecule has 0 aliphatic rings. The van der Waals surface area contributed by atoms with Gasteiger partial charge in [-0.25, -0.2) is 0 Å². The molecular formula is C10H20N2O. The third-order valence-corrected chi connectivity index (χ3v) is 1.77. The van der Waals surface area contributed by atoms with E-state index in [1.54, 1.807) is 0 Å². The zero-order valence-electron chi connectivity index (χ0n) is 8.98. The normalized spacial score (nSPS) is 10.6. The maximum atomic E-state index is 11.1. The molecule has 0 saturated heterocycles. The zero-order chi connectivity index (χ0) is 10.4. The van der Waals surface area contributed by atoms with Gasteiger partial charge in [0.25, 0.3) is 0 Å². The Labute approximate surface area is 80.4 Å². The maximum Gasteiger partial charge on any atom is 0.227 e. The Morgan fingerprint density at radius 3 is 2.23 bits per heavy atom. The molecule has 0 aliphatic heterocycles. The first-order valence-electron chi connectivity index (χ1n) is 4.81. The average molecular weight is 184 g/mol. The molecule has 0 saturated carbocycles. The SMILES string of the molecule is CC(C)CCC(=N)NC(=O)C(C)C. The van der Waals surface area contributed by atoms with Crippen molar-refractivity contribution in [3.63, 3.8) is 0 Å². The minimum absolute atomic E-state index is 0.0422. The molecule has 0 spiro atoms. The molecule has 0 aromatic heterocycles. The van der Waals surface area contributed by atoms with Gasteiger partial charge in [-0.1, -0.05) is 27.7 Å². The highest BCUT2D eigenvalue weighted by molar-refractivity contribution is 5.97. The van der Waals surface area contributed by atoms with Crippen molar-refractivity contribution < 1.29 is 4.79 Å². The van der Waals surface area contributed by atoms with Gasteiger partial charge >= 0.3 is 0 Å². The van der Waals surface area contributed by atoms with Crippen LogP contribution in [0.15, 0.2) is 0 Å². The minimum Gasteiger partial charge on any atom is -0.315 e. The van der Waals surface area contributed by atoms with Crippen LogP contribution < -0.4 is 5.32 Å². The fourth-order valence-electron chi connectivity index (χ4n) is 0.789. The Hall–Kier alpha value is -0.860. The van der Waals surface area contributed by atoms with Gasteiger partial charge in [0.15, 0.2) is 0 Å². The lowest BCUT2D eigenvalue weighted by Gasteiger charge is -2.09. The van der Waals surface area contributed by atoms with Crippen LogP contribution in [0, 0.1) is 17.2 Å². The molecule has 2 N–H and O–H groups in total. The molecule has 1 amide bonds. The molecule has 0 fully saturated rings. The number of amides is 1. The molecular weight excluding hydrogens is 164 g/mol. The van der Waals surface area contributed by atoms with Gasteiger partial charge in [-0.05, 0) is 12.3 Å². The van der Waals surface area contributed by atoms with Crippen molar-refractivity contribution in [3.8, 4) is 0 Å². The Morgan fingerprint density at radius 2 is 1.85 bits per heavy atom. The van der Waals surface area contributed by atoms with Crippen molar-refractivity contribution in [2.24, 2.45) is 11.8 Å². The van der Waals surface area contributed by atoms with Gasteiger partial charge in [0, 0.05) is 12.3 Å². The summed E-state index contributed by atoms with van der Waals surface area (Å²) in [5.74, 6) is 0.817. The predicted molar refractivity (Wildman–Crippen MR) is 54.8 cm³/mol. The molecule has 0 atom stereocenters. The van der Waals surface area contributed by atoms with Gasteiger partial charge in [-0.2, -0.15) is 0 Å². The minimum atomic E-state index is -0.0613. The van der Waals surface area contributed by atoms with Crippen LogP contribution in [0.2, 0.25) is 0 Å². The van der Waals surface area contributed by atoms with Crippen molar-refractivity contribution >= 4 is 11.7 Å². The van der Waals surface area contributed by atoms with Crippen LogP contribution in [0.3, 0.4) is 0 Å². The second kappa shape index (κ2) is 5.73. The summed E-state index contributed by atoms with van der Waals surface area (Å²) in [5.41, 5.74) is 0. The quantitative estimate of drug-likeness (QED) is 0.510. The predicted octanol–water partition coefficient (Wildman–Crippen LogP) is 2.17. The highest BCUT2D eigenvalue weighted by Gasteiger charge is 2.08. The largest absolute Gasteiger partial charge is 0.315 e. The third kappa shape index (κ3) is 6.31. The van der Waals surface area contributed by atoms with Crippen LogP contribution in [0.1, 0.15) is 40.5 Å². The first kappa shape index (κ1) is 12.1. The summed E-state index contributed by atoms with van der Waals surface area (Å²) in [6.45, 7) is 7.87. The Morgan fingerprint density at radius 1 is 1.31 bits per heavy atom. The topological polar surface area (TPSA) is 53.0 Å². The number of carbonyl (C=O) groups is 1. The maximum absolute atomic E-state index is 11.1. The van der Waals surface area contributed by atoms with E-state index in [0.29, 0.717) is 18.2 Å². The van der Waals surface area contributed by atoms with E-state index in [0.717, 1.165) is 6.42 Å². The molecule has 13 heavy (non-hydrogen) atoms. The molecule has 3 heteroatoms. The lowest BCUT2D eigenvalue weighted by atomic mass is 10.1. The number of nitrogens with one attached hydrogen (secondary N) is 2. The van der Waals surface area contributed by atoms with E-state index >= 15 is 0 Å². The van der Waals surface area contributed by atoms with Crippen LogP contribution in [0.4, 0.5) is 0 Å². The molecule has 76 valence electrons. The third-order valence-electron chi connectivity index (χ3n) is 1.77. The van der Waals surface area contributed by atoms with Crippen LogP contribution in [0.25, 0.3) is 0 Å². The van der Waals surface area contributed by atoms with E-state index in [4.69, 9.17) is 5.41 Å². The second-order valence-corrected chi connectivity index (χ2v) is 4.06. The van der Waals surface area contributed by atoms with E-state index < -0.39 is 0 Å². The second-order valence-electron chi connectivity index (χ2n) is 4.06. The summed E-state index contributed by atoms with van der Waals surface area (Å²) in [6.07, 6.45) is 1.62. The fourth-order valence-corrected chi connectivity index (χ4v) is 0.789. The first-order chi connectivity index (χ1) is 5.93. The Kier molecular flexibility index (Phi) is 5.35. The van der Waals surface area contributed by atoms with E-state index in [1.165, 1.54) is 0 Å². The van der Waals surface area contributed by atoms with Gasteiger partial charge in [-0.15, -0.1) is 0 Å². The van der Waals surface area contributed by atoms with Crippen molar-refractivity contribution in [3.05, 3.63) is 0 Å². The standard InChI is InChI=1S/C10H20N2O/c1-7(2)5-6-9(11)12-10(13)8(3)4/h7-8H,5-6H2,1-4H3,(H2,11,12,13). The van der Waals surface area contributed by atoms with E-state index in [-0.39, 0.29) is 11.8 Å². The fraction of sp³-hybridized carbons (Fsp3) is 0.800. The zero-order valence-corrected chi connectivity index (χ0v) is 8.98. The van der Waals surface area contributed by atoms with Crippen molar-refractivity contribution in [2.75, 3.05) is 0 Å². The molecule has 0 bridgehead atoms. The lowest BCUT2D eigenvalue weighted by Crippen LogP contribution is -2.33. The highest BCUT2D eigenvalue weighted by Crippen LogP contribution is 2.03. The molecule has 0 heterocycles. The monoisotopic (exact) mass is 184 g/mol. The molecule has 0 rings (SSSR count). The molecule has 0 aliphatic carbocycles. The number of rotatable bonds is 4. The number of hydrogen-bond acceptors (Lipinski definition) is 2. The van der Waals surface area contributed by atoms with E-state index in [9.17, 15) is 4.79 Å². The van der Waals surface area contributed by atoms with Gasteiger partial charge < -0.3 is 5.32 Å². The van der Waals surface area contributed by atoms with Gasteiger partial charge in [0.1, 0.15) is 0 Å². The average Bonchev–Trinajstić information content (AvgIpc) is 2.00. The van der Waals surface area contributed by atoms with E-state index in [1.807, 2.05) is 13.8 Å². The number of hydrogen-bond donors (Lipinski definition) is 2.